The number of carbonyl (C=O) groups excluding carboxylic acids is 4. The standard InChI is InChI=1S/C23H21F3N4O4/c1-12-28-17-7-2-13(11-27-20(32)14-3-5-15(6-4-14)23(24,25)26)10-16(17)22(34)30(12)18-8-9-19(31)29-21(18)33/h2-7,10,12,18,28H,8-9,11H2,1H3,(H,27,32)(H,29,31,33). The second kappa shape index (κ2) is 8.81. The van der Waals surface area contributed by atoms with E-state index in [1.807, 2.05) is 0 Å². The zero-order chi connectivity index (χ0) is 24.6. The van der Waals surface area contributed by atoms with Gasteiger partial charge in [0.15, 0.2) is 0 Å². The summed E-state index contributed by atoms with van der Waals surface area (Å²) in [5.41, 5.74) is 0.691. The Morgan fingerprint density at radius 2 is 1.82 bits per heavy atom. The largest absolute Gasteiger partial charge is 0.416 e. The topological polar surface area (TPSA) is 108 Å². The Hall–Kier alpha value is -3.89. The van der Waals surface area contributed by atoms with E-state index in [-0.39, 0.29) is 36.8 Å². The second-order valence-corrected chi connectivity index (χ2v) is 8.14. The number of alkyl halides is 3. The molecule has 3 N–H and O–H groups in total. The summed E-state index contributed by atoms with van der Waals surface area (Å²) in [5.74, 6) is -1.85. The van der Waals surface area contributed by atoms with Crippen molar-refractivity contribution in [3.05, 3.63) is 64.7 Å². The predicted molar refractivity (Wildman–Crippen MR) is 114 cm³/mol. The molecule has 4 amide bonds. The first-order chi connectivity index (χ1) is 16.0. The molecule has 2 aliphatic heterocycles. The van der Waals surface area contributed by atoms with Crippen molar-refractivity contribution in [2.24, 2.45) is 0 Å². The third kappa shape index (κ3) is 4.59. The molecular weight excluding hydrogens is 453 g/mol. The van der Waals surface area contributed by atoms with Crippen LogP contribution in [0.25, 0.3) is 0 Å². The summed E-state index contributed by atoms with van der Waals surface area (Å²) in [6.07, 6.45) is -4.61. The fourth-order valence-electron chi connectivity index (χ4n) is 4.07. The summed E-state index contributed by atoms with van der Waals surface area (Å²) < 4.78 is 38.1. The van der Waals surface area contributed by atoms with E-state index in [2.05, 4.69) is 16.0 Å². The van der Waals surface area contributed by atoms with Gasteiger partial charge in [0.25, 0.3) is 11.8 Å². The van der Waals surface area contributed by atoms with E-state index in [0.717, 1.165) is 24.3 Å². The highest BCUT2D eigenvalue weighted by Gasteiger charge is 2.40. The van der Waals surface area contributed by atoms with Crippen LogP contribution < -0.4 is 16.0 Å². The number of rotatable bonds is 4. The summed E-state index contributed by atoms with van der Waals surface area (Å²) >= 11 is 0. The first-order valence-corrected chi connectivity index (χ1v) is 10.6. The van der Waals surface area contributed by atoms with Crippen LogP contribution in [0.1, 0.15) is 51.6 Å². The van der Waals surface area contributed by atoms with Crippen molar-refractivity contribution < 1.29 is 32.3 Å². The Morgan fingerprint density at radius 1 is 1.12 bits per heavy atom. The van der Waals surface area contributed by atoms with Gasteiger partial charge in [-0.3, -0.25) is 24.5 Å². The molecule has 11 heteroatoms. The maximum atomic E-state index is 13.2. The minimum atomic E-state index is -4.49. The quantitative estimate of drug-likeness (QED) is 0.591. The lowest BCUT2D eigenvalue weighted by Gasteiger charge is -2.41. The molecule has 8 nitrogen and oxygen atoms in total. The fraction of sp³-hybridized carbons (Fsp3) is 0.304. The van der Waals surface area contributed by atoms with Crippen molar-refractivity contribution in [3.63, 3.8) is 0 Å². The molecule has 0 spiro atoms. The van der Waals surface area contributed by atoms with Gasteiger partial charge in [-0.05, 0) is 55.3 Å². The van der Waals surface area contributed by atoms with Crippen LogP contribution in [0.15, 0.2) is 42.5 Å². The van der Waals surface area contributed by atoms with E-state index in [9.17, 15) is 32.3 Å². The first-order valence-electron chi connectivity index (χ1n) is 10.6. The van der Waals surface area contributed by atoms with Gasteiger partial charge >= 0.3 is 6.18 Å². The van der Waals surface area contributed by atoms with Gasteiger partial charge in [-0.15, -0.1) is 0 Å². The van der Waals surface area contributed by atoms with Crippen LogP contribution in [-0.2, 0) is 22.3 Å². The highest BCUT2D eigenvalue weighted by molar-refractivity contribution is 6.06. The number of nitrogens with zero attached hydrogens (tertiary/aromatic N) is 1. The third-order valence-electron chi connectivity index (χ3n) is 5.80. The fourth-order valence-corrected chi connectivity index (χ4v) is 4.07. The Kier molecular flexibility index (Phi) is 6.03. The SMILES string of the molecule is CC1Nc2ccc(CNC(=O)c3ccc(C(F)(F)F)cc3)cc2C(=O)N1C1CCC(=O)NC1=O. The summed E-state index contributed by atoms with van der Waals surface area (Å²) in [4.78, 5) is 50.7. The monoisotopic (exact) mass is 474 g/mol. The molecule has 2 unspecified atom stereocenters. The summed E-state index contributed by atoms with van der Waals surface area (Å²) in [6, 6.07) is 8.05. The molecule has 0 aliphatic carbocycles. The number of halogens is 3. The van der Waals surface area contributed by atoms with Crippen molar-refractivity contribution in [3.8, 4) is 0 Å². The van der Waals surface area contributed by atoms with Gasteiger partial charge in [0.2, 0.25) is 11.8 Å². The lowest BCUT2D eigenvalue weighted by atomic mass is 9.98. The van der Waals surface area contributed by atoms with Crippen LogP contribution in [0.3, 0.4) is 0 Å². The Labute approximate surface area is 192 Å². The normalized spacial score (nSPS) is 20.4. The van der Waals surface area contributed by atoms with Crippen molar-refractivity contribution in [2.45, 2.75) is 44.7 Å². The molecule has 1 saturated heterocycles. The Balaban J connectivity index is 1.47. The van der Waals surface area contributed by atoms with Gasteiger partial charge < -0.3 is 15.5 Å². The van der Waals surface area contributed by atoms with E-state index < -0.39 is 35.8 Å². The molecule has 4 rings (SSSR count). The summed E-state index contributed by atoms with van der Waals surface area (Å²) in [5, 5.41) is 8.04. The Morgan fingerprint density at radius 3 is 2.47 bits per heavy atom. The molecule has 34 heavy (non-hydrogen) atoms. The van der Waals surface area contributed by atoms with Gasteiger partial charge in [-0.2, -0.15) is 13.2 Å². The Bertz CT molecular complexity index is 1160. The van der Waals surface area contributed by atoms with Crippen LogP contribution in [0.5, 0.6) is 0 Å². The molecule has 178 valence electrons. The summed E-state index contributed by atoms with van der Waals surface area (Å²) in [6.45, 7) is 1.77. The molecule has 0 radical (unpaired) electrons. The van der Waals surface area contributed by atoms with Crippen molar-refractivity contribution >= 4 is 29.3 Å². The minimum absolute atomic E-state index is 0.0361. The number of piperidine rings is 1. The number of nitrogens with one attached hydrogen (secondary N) is 3. The zero-order valence-corrected chi connectivity index (χ0v) is 18.0. The number of hydrogen-bond acceptors (Lipinski definition) is 5. The van der Waals surface area contributed by atoms with E-state index >= 15 is 0 Å². The summed E-state index contributed by atoms with van der Waals surface area (Å²) in [7, 11) is 0. The second-order valence-electron chi connectivity index (χ2n) is 8.14. The number of amides is 4. The van der Waals surface area contributed by atoms with E-state index in [0.29, 0.717) is 16.8 Å². The lowest BCUT2D eigenvalue weighted by molar-refractivity contribution is -0.138. The molecule has 2 heterocycles. The highest BCUT2D eigenvalue weighted by Crippen LogP contribution is 2.30. The van der Waals surface area contributed by atoms with E-state index in [1.54, 1.807) is 25.1 Å². The van der Waals surface area contributed by atoms with Gasteiger partial charge in [0.1, 0.15) is 6.04 Å². The highest BCUT2D eigenvalue weighted by atomic mass is 19.4. The average Bonchev–Trinajstić information content (AvgIpc) is 2.78. The third-order valence-corrected chi connectivity index (χ3v) is 5.80. The van der Waals surface area contributed by atoms with Crippen LogP contribution >= 0.6 is 0 Å². The molecule has 0 bridgehead atoms. The lowest BCUT2D eigenvalue weighted by Crippen LogP contribution is -2.60. The van der Waals surface area contributed by atoms with E-state index in [1.165, 1.54) is 4.90 Å². The van der Waals surface area contributed by atoms with Crippen LogP contribution in [0, 0.1) is 0 Å². The number of carbonyl (C=O) groups is 4. The molecule has 2 aromatic rings. The van der Waals surface area contributed by atoms with Gasteiger partial charge in [-0.25, -0.2) is 0 Å². The number of imide groups is 1. The number of anilines is 1. The van der Waals surface area contributed by atoms with Crippen molar-refractivity contribution in [1.29, 1.82) is 0 Å². The van der Waals surface area contributed by atoms with Gasteiger partial charge in [0, 0.05) is 24.2 Å². The van der Waals surface area contributed by atoms with Crippen LogP contribution in [0.4, 0.5) is 18.9 Å². The zero-order valence-electron chi connectivity index (χ0n) is 18.0. The number of hydrogen-bond donors (Lipinski definition) is 3. The molecule has 0 aromatic heterocycles. The predicted octanol–water partition coefficient (Wildman–Crippen LogP) is 2.65. The number of fused-ring (bicyclic) bond motifs is 1. The molecular formula is C23H21F3N4O4. The smallest absolute Gasteiger partial charge is 0.365 e. The van der Waals surface area contributed by atoms with Gasteiger partial charge in [-0.1, -0.05) is 6.07 Å². The molecule has 2 aliphatic rings. The maximum absolute atomic E-state index is 13.2. The van der Waals surface area contributed by atoms with Crippen molar-refractivity contribution in [1.82, 2.24) is 15.5 Å². The maximum Gasteiger partial charge on any atom is 0.416 e. The molecule has 2 aromatic carbocycles. The number of benzene rings is 2. The van der Waals surface area contributed by atoms with E-state index in [4.69, 9.17) is 0 Å². The molecule has 2 atom stereocenters. The van der Waals surface area contributed by atoms with Crippen LogP contribution in [-0.4, -0.2) is 40.7 Å². The molecule has 0 saturated carbocycles. The van der Waals surface area contributed by atoms with Gasteiger partial charge in [0.05, 0.1) is 17.3 Å². The first kappa shape index (κ1) is 23.3. The minimum Gasteiger partial charge on any atom is -0.365 e. The van der Waals surface area contributed by atoms with Crippen molar-refractivity contribution in [2.75, 3.05) is 5.32 Å². The van der Waals surface area contributed by atoms with Crippen LogP contribution in [0.2, 0.25) is 0 Å². The molecule has 1 fully saturated rings. The average molecular weight is 474 g/mol.